The number of nitrogens with two attached hydrogens (primary N) is 1. The third-order valence-corrected chi connectivity index (χ3v) is 3.37. The van der Waals surface area contributed by atoms with Gasteiger partial charge in [0, 0.05) is 47.3 Å². The minimum Gasteiger partial charge on any atom is -0.398 e. The predicted molar refractivity (Wildman–Crippen MR) is 86.6 cm³/mol. The summed E-state index contributed by atoms with van der Waals surface area (Å²) in [5.41, 5.74) is 9.89. The summed E-state index contributed by atoms with van der Waals surface area (Å²) < 4.78 is 5.17. The van der Waals surface area contributed by atoms with Gasteiger partial charge >= 0.3 is 0 Å². The van der Waals surface area contributed by atoms with Gasteiger partial charge in [-0.05, 0) is 35.9 Å². The van der Waals surface area contributed by atoms with Gasteiger partial charge in [-0.25, -0.2) is 0 Å². The molecule has 1 aromatic heterocycles. The number of nitrogen functional groups attached to an aromatic ring is 1. The molecule has 0 aliphatic rings. The van der Waals surface area contributed by atoms with Gasteiger partial charge in [0.1, 0.15) is 0 Å². The molecule has 0 radical (unpaired) electrons. The molecule has 0 spiro atoms. The minimum atomic E-state index is 0.599. The SMILES string of the molecule is COCc1cccc(Nc2ccc(N)c3cnccc23)c1. The molecule has 0 saturated carbocycles. The van der Waals surface area contributed by atoms with Gasteiger partial charge in [0.2, 0.25) is 0 Å². The number of methoxy groups -OCH3 is 1. The van der Waals surface area contributed by atoms with Crippen molar-refractivity contribution < 1.29 is 4.74 Å². The Morgan fingerprint density at radius 3 is 2.90 bits per heavy atom. The van der Waals surface area contributed by atoms with E-state index in [1.165, 1.54) is 0 Å². The molecular weight excluding hydrogens is 262 g/mol. The van der Waals surface area contributed by atoms with Crippen molar-refractivity contribution in [3.63, 3.8) is 0 Å². The maximum atomic E-state index is 6.00. The summed E-state index contributed by atoms with van der Waals surface area (Å²) >= 11 is 0. The summed E-state index contributed by atoms with van der Waals surface area (Å²) in [6, 6.07) is 14.0. The lowest BCUT2D eigenvalue weighted by Gasteiger charge is -2.12. The van der Waals surface area contributed by atoms with E-state index in [1.807, 2.05) is 36.4 Å². The maximum absolute atomic E-state index is 6.00. The van der Waals surface area contributed by atoms with Crippen LogP contribution in [0.2, 0.25) is 0 Å². The van der Waals surface area contributed by atoms with Crippen LogP contribution in [-0.2, 0) is 11.3 Å². The number of fused-ring (bicyclic) bond motifs is 1. The van der Waals surface area contributed by atoms with Crippen LogP contribution >= 0.6 is 0 Å². The van der Waals surface area contributed by atoms with Gasteiger partial charge in [-0.15, -0.1) is 0 Å². The summed E-state index contributed by atoms with van der Waals surface area (Å²) in [5, 5.41) is 5.45. The average Bonchev–Trinajstić information content (AvgIpc) is 2.51. The average molecular weight is 279 g/mol. The van der Waals surface area contributed by atoms with Crippen molar-refractivity contribution >= 4 is 27.8 Å². The predicted octanol–water partition coefficient (Wildman–Crippen LogP) is 3.71. The molecule has 1 heterocycles. The first-order valence-electron chi connectivity index (χ1n) is 6.75. The van der Waals surface area contributed by atoms with E-state index in [4.69, 9.17) is 10.5 Å². The number of hydrogen-bond acceptors (Lipinski definition) is 4. The third-order valence-electron chi connectivity index (χ3n) is 3.37. The summed E-state index contributed by atoms with van der Waals surface area (Å²) in [6.07, 6.45) is 3.56. The molecule has 3 N–H and O–H groups in total. The molecule has 3 aromatic rings. The van der Waals surface area contributed by atoms with Crippen molar-refractivity contribution in [1.82, 2.24) is 4.98 Å². The fourth-order valence-electron chi connectivity index (χ4n) is 2.38. The highest BCUT2D eigenvalue weighted by atomic mass is 16.5. The van der Waals surface area contributed by atoms with Gasteiger partial charge in [-0.1, -0.05) is 12.1 Å². The molecule has 0 unspecified atom stereocenters. The second kappa shape index (κ2) is 5.81. The molecule has 4 nitrogen and oxygen atoms in total. The zero-order valence-corrected chi connectivity index (χ0v) is 11.8. The monoisotopic (exact) mass is 279 g/mol. The fraction of sp³-hybridized carbons (Fsp3) is 0.118. The van der Waals surface area contributed by atoms with E-state index in [2.05, 4.69) is 16.4 Å². The second-order valence-corrected chi connectivity index (χ2v) is 4.88. The lowest BCUT2D eigenvalue weighted by molar-refractivity contribution is 0.185. The Hall–Kier alpha value is -2.59. The number of ether oxygens (including phenoxy) is 1. The van der Waals surface area contributed by atoms with E-state index in [1.54, 1.807) is 19.5 Å². The lowest BCUT2D eigenvalue weighted by atomic mass is 10.1. The topological polar surface area (TPSA) is 60.2 Å². The molecule has 4 heteroatoms. The summed E-state index contributed by atoms with van der Waals surface area (Å²) in [7, 11) is 1.70. The van der Waals surface area contributed by atoms with Crippen LogP contribution in [0.4, 0.5) is 17.1 Å². The van der Waals surface area contributed by atoms with Crippen molar-refractivity contribution in [2.45, 2.75) is 6.61 Å². The molecule has 0 aliphatic heterocycles. The highest BCUT2D eigenvalue weighted by molar-refractivity contribution is 6.01. The highest BCUT2D eigenvalue weighted by Gasteiger charge is 2.05. The van der Waals surface area contributed by atoms with Crippen LogP contribution < -0.4 is 11.1 Å². The van der Waals surface area contributed by atoms with E-state index in [0.717, 1.165) is 33.4 Å². The number of pyridine rings is 1. The van der Waals surface area contributed by atoms with Crippen LogP contribution in [0.3, 0.4) is 0 Å². The molecule has 0 fully saturated rings. The summed E-state index contributed by atoms with van der Waals surface area (Å²) in [4.78, 5) is 4.14. The van der Waals surface area contributed by atoms with Crippen LogP contribution in [0.25, 0.3) is 10.8 Å². The van der Waals surface area contributed by atoms with E-state index in [9.17, 15) is 0 Å². The Kier molecular flexibility index (Phi) is 3.71. The van der Waals surface area contributed by atoms with Gasteiger partial charge in [0.25, 0.3) is 0 Å². The van der Waals surface area contributed by atoms with Gasteiger partial charge < -0.3 is 15.8 Å². The quantitative estimate of drug-likeness (QED) is 0.715. The van der Waals surface area contributed by atoms with Crippen molar-refractivity contribution in [2.24, 2.45) is 0 Å². The van der Waals surface area contributed by atoms with Crippen LogP contribution in [0.15, 0.2) is 54.9 Å². The van der Waals surface area contributed by atoms with E-state index in [-0.39, 0.29) is 0 Å². The number of hydrogen-bond donors (Lipinski definition) is 2. The van der Waals surface area contributed by atoms with Gasteiger partial charge in [-0.3, -0.25) is 4.98 Å². The molecule has 0 saturated heterocycles. The number of aromatic nitrogens is 1. The smallest absolute Gasteiger partial charge is 0.0713 e. The Morgan fingerprint density at radius 2 is 2.05 bits per heavy atom. The minimum absolute atomic E-state index is 0.599. The second-order valence-electron chi connectivity index (χ2n) is 4.88. The molecule has 0 amide bonds. The molecular formula is C17H17N3O. The number of anilines is 3. The number of nitrogens with one attached hydrogen (secondary N) is 1. The first-order valence-corrected chi connectivity index (χ1v) is 6.75. The Balaban J connectivity index is 1.98. The van der Waals surface area contributed by atoms with Crippen molar-refractivity contribution in [1.29, 1.82) is 0 Å². The van der Waals surface area contributed by atoms with Crippen LogP contribution in [0, 0.1) is 0 Å². The number of benzene rings is 2. The van der Waals surface area contributed by atoms with Gasteiger partial charge in [0.05, 0.1) is 6.61 Å². The fourth-order valence-corrected chi connectivity index (χ4v) is 2.38. The van der Waals surface area contributed by atoms with Crippen LogP contribution in [0.5, 0.6) is 0 Å². The third kappa shape index (κ3) is 2.80. The number of nitrogens with zero attached hydrogens (tertiary/aromatic N) is 1. The zero-order valence-electron chi connectivity index (χ0n) is 11.8. The van der Waals surface area contributed by atoms with Crippen LogP contribution in [0.1, 0.15) is 5.56 Å². The normalized spacial score (nSPS) is 10.7. The summed E-state index contributed by atoms with van der Waals surface area (Å²) in [6.45, 7) is 0.599. The maximum Gasteiger partial charge on any atom is 0.0713 e. The molecule has 0 bridgehead atoms. The van der Waals surface area contributed by atoms with Crippen molar-refractivity contribution in [2.75, 3.05) is 18.2 Å². The molecule has 2 aromatic carbocycles. The lowest BCUT2D eigenvalue weighted by Crippen LogP contribution is -1.96. The first-order chi connectivity index (χ1) is 10.3. The molecule has 21 heavy (non-hydrogen) atoms. The Bertz CT molecular complexity index is 771. The Labute approximate surface area is 123 Å². The molecule has 0 atom stereocenters. The molecule has 0 aliphatic carbocycles. The van der Waals surface area contributed by atoms with Crippen molar-refractivity contribution in [3.05, 3.63) is 60.4 Å². The number of rotatable bonds is 4. The molecule has 106 valence electrons. The standard InChI is InChI=1S/C17H17N3O/c1-21-11-12-3-2-4-13(9-12)20-17-6-5-16(18)15-10-19-8-7-14(15)17/h2-10,20H,11,18H2,1H3. The van der Waals surface area contributed by atoms with Gasteiger partial charge in [0.15, 0.2) is 0 Å². The van der Waals surface area contributed by atoms with Crippen LogP contribution in [-0.4, -0.2) is 12.1 Å². The van der Waals surface area contributed by atoms with E-state index >= 15 is 0 Å². The summed E-state index contributed by atoms with van der Waals surface area (Å²) in [5.74, 6) is 0. The first kappa shape index (κ1) is 13.4. The molecule has 3 rings (SSSR count). The largest absolute Gasteiger partial charge is 0.398 e. The van der Waals surface area contributed by atoms with Crippen molar-refractivity contribution in [3.8, 4) is 0 Å². The highest BCUT2D eigenvalue weighted by Crippen LogP contribution is 2.29. The van der Waals surface area contributed by atoms with E-state index < -0.39 is 0 Å². The van der Waals surface area contributed by atoms with Gasteiger partial charge in [-0.2, -0.15) is 0 Å². The Morgan fingerprint density at radius 1 is 1.14 bits per heavy atom. The van der Waals surface area contributed by atoms with E-state index in [0.29, 0.717) is 6.61 Å². The zero-order chi connectivity index (χ0) is 14.7.